The van der Waals surface area contributed by atoms with Crippen LogP contribution in [0.5, 0.6) is 5.75 Å². The molecule has 0 aliphatic heterocycles. The van der Waals surface area contributed by atoms with E-state index in [9.17, 15) is 19.5 Å². The van der Waals surface area contributed by atoms with Crippen molar-refractivity contribution in [2.75, 3.05) is 12.3 Å². The summed E-state index contributed by atoms with van der Waals surface area (Å²) in [5, 5.41) is 12.4. The fourth-order valence-electron chi connectivity index (χ4n) is 2.92. The number of anilines is 1. The summed E-state index contributed by atoms with van der Waals surface area (Å²) in [4.78, 5) is 36.6. The molecule has 3 rings (SSSR count). The number of carbonyl (C=O) groups is 2. The second kappa shape index (κ2) is 7.90. The lowest BCUT2D eigenvalue weighted by atomic mass is 10.0. The van der Waals surface area contributed by atoms with Crippen LogP contribution in [0.15, 0.2) is 51.7 Å². The van der Waals surface area contributed by atoms with E-state index in [0.717, 1.165) is 5.56 Å². The fourth-order valence-corrected chi connectivity index (χ4v) is 2.92. The first-order valence-electron chi connectivity index (χ1n) is 9.21. The van der Waals surface area contributed by atoms with Crippen LogP contribution in [-0.4, -0.2) is 29.1 Å². The summed E-state index contributed by atoms with van der Waals surface area (Å²) in [6, 6.07) is 11.6. The number of hydrogen-bond acceptors (Lipinski definition) is 7. The van der Waals surface area contributed by atoms with Gasteiger partial charge in [0.15, 0.2) is 0 Å². The Kier molecular flexibility index (Phi) is 5.51. The van der Waals surface area contributed by atoms with Crippen LogP contribution in [0.25, 0.3) is 22.1 Å². The molecule has 8 nitrogen and oxygen atoms in total. The maximum Gasteiger partial charge on any atom is 0.351 e. The molecule has 30 heavy (non-hydrogen) atoms. The molecule has 0 aliphatic carbocycles. The van der Waals surface area contributed by atoms with Crippen LogP contribution < -0.4 is 16.7 Å². The number of ether oxygens (including phenoxy) is 1. The number of benzene rings is 2. The molecule has 0 saturated carbocycles. The number of fused-ring (bicyclic) bond motifs is 1. The summed E-state index contributed by atoms with van der Waals surface area (Å²) < 4.78 is 10.4. The van der Waals surface area contributed by atoms with Crippen molar-refractivity contribution in [2.24, 2.45) is 0 Å². The van der Waals surface area contributed by atoms with Gasteiger partial charge in [-0.25, -0.2) is 4.79 Å². The van der Waals surface area contributed by atoms with Crippen molar-refractivity contribution in [1.82, 2.24) is 5.32 Å². The van der Waals surface area contributed by atoms with Gasteiger partial charge in [0.05, 0.1) is 5.69 Å². The van der Waals surface area contributed by atoms with Crippen LogP contribution in [0.4, 0.5) is 5.69 Å². The summed E-state index contributed by atoms with van der Waals surface area (Å²) in [5.74, 6) is -1.37. The molecule has 0 spiro atoms. The molecule has 0 atom stereocenters. The molecule has 0 saturated heterocycles. The van der Waals surface area contributed by atoms with Gasteiger partial charge in [-0.1, -0.05) is 18.2 Å². The Hall–Kier alpha value is -3.81. The van der Waals surface area contributed by atoms with Gasteiger partial charge in [-0.2, -0.15) is 0 Å². The zero-order chi connectivity index (χ0) is 22.1. The van der Waals surface area contributed by atoms with Gasteiger partial charge < -0.3 is 25.3 Å². The molecule has 0 radical (unpaired) electrons. The largest absolute Gasteiger partial charge is 0.508 e. The van der Waals surface area contributed by atoms with Gasteiger partial charge in [-0.3, -0.25) is 9.59 Å². The quantitative estimate of drug-likeness (QED) is 0.445. The molecule has 1 heterocycles. The first-order valence-corrected chi connectivity index (χ1v) is 9.21. The van der Waals surface area contributed by atoms with Gasteiger partial charge >= 0.3 is 11.6 Å². The minimum Gasteiger partial charge on any atom is -0.508 e. The molecule has 1 amide bonds. The summed E-state index contributed by atoms with van der Waals surface area (Å²) >= 11 is 0. The van der Waals surface area contributed by atoms with Crippen LogP contribution in [0.2, 0.25) is 0 Å². The Morgan fingerprint density at radius 1 is 1.13 bits per heavy atom. The second-order valence-electron chi connectivity index (χ2n) is 7.71. The van der Waals surface area contributed by atoms with Gasteiger partial charge in [-0.05, 0) is 56.2 Å². The van der Waals surface area contributed by atoms with Gasteiger partial charge in [0, 0.05) is 5.39 Å². The molecular formula is C22H22N2O6. The van der Waals surface area contributed by atoms with Gasteiger partial charge in [0.25, 0.3) is 5.91 Å². The molecule has 2 aromatic carbocycles. The summed E-state index contributed by atoms with van der Waals surface area (Å²) in [5.41, 5.74) is 5.63. The highest BCUT2D eigenvalue weighted by Crippen LogP contribution is 2.29. The molecule has 0 aliphatic rings. The van der Waals surface area contributed by atoms with E-state index in [1.165, 1.54) is 0 Å². The third-order valence-corrected chi connectivity index (χ3v) is 4.17. The number of nitrogens with two attached hydrogens (primary N) is 1. The van der Waals surface area contributed by atoms with E-state index >= 15 is 0 Å². The lowest BCUT2D eigenvalue weighted by Crippen LogP contribution is -2.36. The van der Waals surface area contributed by atoms with Gasteiger partial charge in [0.1, 0.15) is 29.0 Å². The predicted octanol–water partition coefficient (Wildman–Crippen LogP) is 2.82. The van der Waals surface area contributed by atoms with Crippen LogP contribution in [-0.2, 0) is 9.53 Å². The van der Waals surface area contributed by atoms with Crippen molar-refractivity contribution in [3.05, 3.63) is 58.4 Å². The number of nitrogen functional groups attached to an aromatic ring is 1. The number of rotatable bonds is 4. The summed E-state index contributed by atoms with van der Waals surface area (Å²) in [6.07, 6.45) is 0. The third-order valence-electron chi connectivity index (χ3n) is 4.17. The van der Waals surface area contributed by atoms with E-state index in [1.807, 2.05) is 0 Å². The highest BCUT2D eigenvalue weighted by molar-refractivity contribution is 6.06. The van der Waals surface area contributed by atoms with E-state index in [0.29, 0.717) is 10.9 Å². The summed E-state index contributed by atoms with van der Waals surface area (Å²) in [7, 11) is 0. The van der Waals surface area contributed by atoms with E-state index in [1.54, 1.807) is 63.2 Å². The number of aromatic hydroxyl groups is 1. The monoisotopic (exact) mass is 410 g/mol. The van der Waals surface area contributed by atoms with Crippen LogP contribution in [0.3, 0.4) is 0 Å². The van der Waals surface area contributed by atoms with Crippen LogP contribution in [0.1, 0.15) is 31.1 Å². The Balaban J connectivity index is 1.90. The maximum atomic E-state index is 12.4. The number of carbonyl (C=O) groups excluding carboxylic acids is 2. The van der Waals surface area contributed by atoms with Crippen molar-refractivity contribution < 1.29 is 23.8 Å². The minimum atomic E-state index is -0.922. The van der Waals surface area contributed by atoms with E-state index in [4.69, 9.17) is 14.9 Å². The number of amides is 1. The molecule has 0 fully saturated rings. The Bertz CT molecular complexity index is 1190. The Morgan fingerprint density at radius 2 is 1.83 bits per heavy atom. The highest BCUT2D eigenvalue weighted by atomic mass is 16.6. The normalized spacial score (nSPS) is 11.3. The van der Waals surface area contributed by atoms with Crippen molar-refractivity contribution in [3.63, 3.8) is 0 Å². The average Bonchev–Trinajstić information content (AvgIpc) is 2.64. The molecule has 1 aromatic heterocycles. The molecule has 8 heteroatoms. The zero-order valence-corrected chi connectivity index (χ0v) is 16.8. The number of phenols is 1. The number of esters is 1. The van der Waals surface area contributed by atoms with E-state index in [2.05, 4.69) is 5.32 Å². The van der Waals surface area contributed by atoms with Gasteiger partial charge in [-0.15, -0.1) is 0 Å². The lowest BCUT2D eigenvalue weighted by molar-refractivity contribution is -0.153. The van der Waals surface area contributed by atoms with E-state index < -0.39 is 29.6 Å². The molecule has 0 unspecified atom stereocenters. The van der Waals surface area contributed by atoms with Gasteiger partial charge in [0.2, 0.25) is 0 Å². The molecular weight excluding hydrogens is 388 g/mol. The molecule has 0 bridgehead atoms. The first kappa shape index (κ1) is 20.9. The smallest absolute Gasteiger partial charge is 0.351 e. The van der Waals surface area contributed by atoms with Crippen LogP contribution in [0, 0.1) is 0 Å². The standard InChI is InChI=1S/C22H22N2O6/c1-22(2,3)30-17(26)11-24-20(27)18-19(23)15-8-7-13(10-16(15)29-21(18)28)12-5-4-6-14(25)9-12/h4-10,25H,11,23H2,1-3H3,(H,24,27). The van der Waals surface area contributed by atoms with Crippen molar-refractivity contribution in [1.29, 1.82) is 0 Å². The molecule has 4 N–H and O–H groups in total. The number of hydrogen-bond donors (Lipinski definition) is 3. The second-order valence-corrected chi connectivity index (χ2v) is 7.71. The van der Waals surface area contributed by atoms with E-state index in [-0.39, 0.29) is 22.6 Å². The minimum absolute atomic E-state index is 0.0506. The Morgan fingerprint density at radius 3 is 2.50 bits per heavy atom. The van der Waals surface area contributed by atoms with Crippen molar-refractivity contribution in [2.45, 2.75) is 26.4 Å². The van der Waals surface area contributed by atoms with Crippen molar-refractivity contribution >= 4 is 28.5 Å². The third kappa shape index (κ3) is 4.60. The highest BCUT2D eigenvalue weighted by Gasteiger charge is 2.22. The number of nitrogens with one attached hydrogen (secondary N) is 1. The number of phenolic OH excluding ortho intramolecular Hbond substituents is 1. The Labute approximate surface area is 172 Å². The average molecular weight is 410 g/mol. The summed E-state index contributed by atoms with van der Waals surface area (Å²) in [6.45, 7) is 4.69. The zero-order valence-electron chi connectivity index (χ0n) is 16.8. The first-order chi connectivity index (χ1) is 14.0. The molecule has 3 aromatic rings. The topological polar surface area (TPSA) is 132 Å². The fraction of sp³-hybridized carbons (Fsp3) is 0.227. The molecule has 156 valence electrons. The lowest BCUT2D eigenvalue weighted by Gasteiger charge is -2.19. The maximum absolute atomic E-state index is 12.4. The van der Waals surface area contributed by atoms with Crippen molar-refractivity contribution in [3.8, 4) is 16.9 Å². The predicted molar refractivity (Wildman–Crippen MR) is 112 cm³/mol. The van der Waals surface area contributed by atoms with Crippen LogP contribution >= 0.6 is 0 Å². The SMILES string of the molecule is CC(C)(C)OC(=O)CNC(=O)c1c(N)c2ccc(-c3cccc(O)c3)cc2oc1=O.